The first-order valence-corrected chi connectivity index (χ1v) is 7.15. The molecule has 0 amide bonds. The molecule has 0 aliphatic heterocycles. The predicted molar refractivity (Wildman–Crippen MR) is 83.7 cm³/mol. The lowest BCUT2D eigenvalue weighted by Gasteiger charge is -2.11. The third-order valence-corrected chi connectivity index (χ3v) is 3.64. The monoisotopic (exact) mass is 278 g/mol. The number of rotatable bonds is 5. The summed E-state index contributed by atoms with van der Waals surface area (Å²) in [4.78, 5) is 0. The molecule has 1 unspecified atom stereocenters. The number of nitrogens with zero attached hydrogens (tertiary/aromatic N) is 1. The molecule has 3 rings (SSSR count). The molecule has 3 nitrogen and oxygen atoms in total. The first-order valence-electron chi connectivity index (χ1n) is 7.15. The largest absolute Gasteiger partial charge is 0.388 e. The SMILES string of the molecule is OC(CCc1ccccc1)c1cn[nH]c1-c1ccccc1. The molecular formula is C18H18N2O. The first kappa shape index (κ1) is 13.6. The van der Waals surface area contributed by atoms with Crippen LogP contribution in [0.4, 0.5) is 0 Å². The molecule has 1 heterocycles. The molecule has 0 saturated heterocycles. The maximum atomic E-state index is 10.5. The van der Waals surface area contributed by atoms with E-state index in [9.17, 15) is 5.11 Å². The van der Waals surface area contributed by atoms with E-state index in [1.54, 1.807) is 6.20 Å². The molecule has 0 radical (unpaired) electrons. The Kier molecular flexibility index (Phi) is 4.12. The molecule has 0 saturated carbocycles. The van der Waals surface area contributed by atoms with Gasteiger partial charge in [0.2, 0.25) is 0 Å². The van der Waals surface area contributed by atoms with Gasteiger partial charge in [-0.05, 0) is 24.0 Å². The number of benzene rings is 2. The lowest BCUT2D eigenvalue weighted by atomic mass is 9.99. The maximum Gasteiger partial charge on any atom is 0.0829 e. The van der Waals surface area contributed by atoms with Crippen molar-refractivity contribution in [3.8, 4) is 11.3 Å². The van der Waals surface area contributed by atoms with Crippen LogP contribution < -0.4 is 0 Å². The zero-order valence-electron chi connectivity index (χ0n) is 11.7. The number of aromatic amines is 1. The molecule has 106 valence electrons. The fraction of sp³-hybridized carbons (Fsp3) is 0.167. The average Bonchev–Trinajstić information content (AvgIpc) is 3.04. The summed E-state index contributed by atoms with van der Waals surface area (Å²) in [5.74, 6) is 0. The predicted octanol–water partition coefficient (Wildman–Crippen LogP) is 3.74. The van der Waals surface area contributed by atoms with Gasteiger partial charge in [-0.15, -0.1) is 0 Å². The third-order valence-electron chi connectivity index (χ3n) is 3.64. The van der Waals surface area contributed by atoms with Crippen LogP contribution in [0.1, 0.15) is 23.7 Å². The molecule has 2 N–H and O–H groups in total. The number of nitrogens with one attached hydrogen (secondary N) is 1. The Morgan fingerprint density at radius 3 is 2.33 bits per heavy atom. The van der Waals surface area contributed by atoms with Crippen molar-refractivity contribution in [2.45, 2.75) is 18.9 Å². The van der Waals surface area contributed by atoms with Gasteiger partial charge in [0.05, 0.1) is 18.0 Å². The Labute approximate surface area is 124 Å². The first-order chi connectivity index (χ1) is 10.3. The number of aliphatic hydroxyl groups excluding tert-OH is 1. The second kappa shape index (κ2) is 6.37. The lowest BCUT2D eigenvalue weighted by Crippen LogP contribution is -2.00. The van der Waals surface area contributed by atoms with Crippen LogP contribution in [-0.2, 0) is 6.42 Å². The van der Waals surface area contributed by atoms with Crippen LogP contribution in [0.25, 0.3) is 11.3 Å². The minimum absolute atomic E-state index is 0.515. The normalized spacial score (nSPS) is 12.2. The van der Waals surface area contributed by atoms with Crippen molar-refractivity contribution < 1.29 is 5.11 Å². The highest BCUT2D eigenvalue weighted by atomic mass is 16.3. The van der Waals surface area contributed by atoms with Crippen LogP contribution in [0.2, 0.25) is 0 Å². The number of aromatic nitrogens is 2. The van der Waals surface area contributed by atoms with Crippen LogP contribution in [0.3, 0.4) is 0 Å². The molecule has 0 aliphatic carbocycles. The van der Waals surface area contributed by atoms with Gasteiger partial charge in [-0.2, -0.15) is 5.10 Å². The van der Waals surface area contributed by atoms with E-state index in [0.29, 0.717) is 6.42 Å². The summed E-state index contributed by atoms with van der Waals surface area (Å²) in [5, 5.41) is 17.5. The lowest BCUT2D eigenvalue weighted by molar-refractivity contribution is 0.168. The van der Waals surface area contributed by atoms with Crippen LogP contribution in [0, 0.1) is 0 Å². The van der Waals surface area contributed by atoms with E-state index in [-0.39, 0.29) is 0 Å². The van der Waals surface area contributed by atoms with E-state index < -0.39 is 6.10 Å². The van der Waals surface area contributed by atoms with Crippen LogP contribution in [0.5, 0.6) is 0 Å². The molecule has 2 aromatic carbocycles. The van der Waals surface area contributed by atoms with Gasteiger partial charge in [-0.25, -0.2) is 0 Å². The summed E-state index contributed by atoms with van der Waals surface area (Å²) >= 11 is 0. The molecule has 3 heteroatoms. The van der Waals surface area contributed by atoms with Gasteiger partial charge in [-0.1, -0.05) is 60.7 Å². The number of hydrogen-bond acceptors (Lipinski definition) is 2. The highest BCUT2D eigenvalue weighted by Gasteiger charge is 2.15. The average molecular weight is 278 g/mol. The fourth-order valence-corrected chi connectivity index (χ4v) is 2.49. The van der Waals surface area contributed by atoms with Crippen LogP contribution in [0.15, 0.2) is 66.9 Å². The smallest absolute Gasteiger partial charge is 0.0829 e. The third kappa shape index (κ3) is 3.20. The number of H-pyrrole nitrogens is 1. The van der Waals surface area contributed by atoms with E-state index in [2.05, 4.69) is 22.3 Å². The Hall–Kier alpha value is -2.39. The second-order valence-electron chi connectivity index (χ2n) is 5.11. The van der Waals surface area contributed by atoms with Gasteiger partial charge in [0.25, 0.3) is 0 Å². The Bertz CT molecular complexity index is 677. The molecular weight excluding hydrogens is 260 g/mol. The van der Waals surface area contributed by atoms with Crippen molar-refractivity contribution in [2.24, 2.45) is 0 Å². The number of aliphatic hydroxyl groups is 1. The quantitative estimate of drug-likeness (QED) is 0.747. The summed E-state index contributed by atoms with van der Waals surface area (Å²) in [6.07, 6.45) is 2.74. The molecule has 0 fully saturated rings. The van der Waals surface area contributed by atoms with Gasteiger partial charge in [0.15, 0.2) is 0 Å². The molecule has 3 aromatic rings. The molecule has 1 atom stereocenters. The number of aryl methyl sites for hydroxylation is 1. The van der Waals surface area contributed by atoms with E-state index >= 15 is 0 Å². The van der Waals surface area contributed by atoms with Crippen LogP contribution in [-0.4, -0.2) is 15.3 Å². The van der Waals surface area contributed by atoms with Gasteiger partial charge in [-0.3, -0.25) is 5.10 Å². The van der Waals surface area contributed by atoms with Gasteiger partial charge >= 0.3 is 0 Å². The summed E-state index contributed by atoms with van der Waals surface area (Å²) in [5.41, 5.74) is 4.04. The van der Waals surface area contributed by atoms with E-state index in [4.69, 9.17) is 0 Å². The van der Waals surface area contributed by atoms with Crippen molar-refractivity contribution in [1.82, 2.24) is 10.2 Å². The highest BCUT2D eigenvalue weighted by molar-refractivity contribution is 5.62. The van der Waals surface area contributed by atoms with Crippen molar-refractivity contribution in [3.63, 3.8) is 0 Å². The highest BCUT2D eigenvalue weighted by Crippen LogP contribution is 2.28. The summed E-state index contributed by atoms with van der Waals surface area (Å²) in [7, 11) is 0. The minimum atomic E-state index is -0.515. The molecule has 0 bridgehead atoms. The topological polar surface area (TPSA) is 48.9 Å². The van der Waals surface area contributed by atoms with Crippen LogP contribution >= 0.6 is 0 Å². The number of hydrogen-bond donors (Lipinski definition) is 2. The summed E-state index contributed by atoms with van der Waals surface area (Å²) < 4.78 is 0. The summed E-state index contributed by atoms with van der Waals surface area (Å²) in [6.45, 7) is 0. The van der Waals surface area contributed by atoms with E-state index in [1.807, 2.05) is 48.5 Å². The molecule has 1 aromatic heterocycles. The minimum Gasteiger partial charge on any atom is -0.388 e. The van der Waals surface area contributed by atoms with Gasteiger partial charge < -0.3 is 5.11 Å². The van der Waals surface area contributed by atoms with Gasteiger partial charge in [0, 0.05) is 5.56 Å². The Balaban J connectivity index is 1.74. The van der Waals surface area contributed by atoms with Crippen molar-refractivity contribution in [3.05, 3.63) is 78.0 Å². The molecule has 0 aliphatic rings. The Morgan fingerprint density at radius 1 is 0.952 bits per heavy atom. The van der Waals surface area contributed by atoms with Crippen molar-refractivity contribution in [2.75, 3.05) is 0 Å². The molecule has 21 heavy (non-hydrogen) atoms. The van der Waals surface area contributed by atoms with E-state index in [1.165, 1.54) is 5.56 Å². The second-order valence-corrected chi connectivity index (χ2v) is 5.11. The maximum absolute atomic E-state index is 10.5. The fourth-order valence-electron chi connectivity index (χ4n) is 2.49. The van der Waals surface area contributed by atoms with Crippen molar-refractivity contribution >= 4 is 0 Å². The summed E-state index contributed by atoms with van der Waals surface area (Å²) in [6, 6.07) is 20.2. The van der Waals surface area contributed by atoms with E-state index in [0.717, 1.165) is 23.2 Å². The Morgan fingerprint density at radius 2 is 1.62 bits per heavy atom. The van der Waals surface area contributed by atoms with Crippen molar-refractivity contribution in [1.29, 1.82) is 0 Å². The standard InChI is InChI=1S/C18H18N2O/c21-17(12-11-14-7-3-1-4-8-14)16-13-19-20-18(16)15-9-5-2-6-10-15/h1-10,13,17,21H,11-12H2,(H,19,20). The zero-order valence-corrected chi connectivity index (χ0v) is 11.7. The zero-order chi connectivity index (χ0) is 14.5. The van der Waals surface area contributed by atoms with Gasteiger partial charge in [0.1, 0.15) is 0 Å². The molecule has 0 spiro atoms.